The Labute approximate surface area is 125 Å². The molecule has 2 unspecified atom stereocenters. The van der Waals surface area contributed by atoms with Crippen LogP contribution in [0.4, 0.5) is 5.69 Å². The number of nitrogens with two attached hydrogens (primary N) is 1. The average Bonchev–Trinajstić information content (AvgIpc) is 2.47. The van der Waals surface area contributed by atoms with E-state index in [1.807, 2.05) is 18.2 Å². The topological polar surface area (TPSA) is 67.6 Å². The van der Waals surface area contributed by atoms with Crippen LogP contribution in [-0.4, -0.2) is 37.0 Å². The third-order valence-electron chi connectivity index (χ3n) is 4.54. The number of rotatable bonds is 3. The third-order valence-corrected chi connectivity index (χ3v) is 4.54. The number of amides is 1. The van der Waals surface area contributed by atoms with E-state index in [-0.39, 0.29) is 5.91 Å². The van der Waals surface area contributed by atoms with Crippen LogP contribution >= 0.6 is 0 Å². The first-order chi connectivity index (χ1) is 10.1. The van der Waals surface area contributed by atoms with E-state index in [0.29, 0.717) is 18.4 Å². The summed E-state index contributed by atoms with van der Waals surface area (Å²) in [4.78, 5) is 13.9. The van der Waals surface area contributed by atoms with Gasteiger partial charge in [-0.15, -0.1) is 0 Å². The Kier molecular flexibility index (Phi) is 4.01. The first-order valence-electron chi connectivity index (χ1n) is 7.59. The summed E-state index contributed by atoms with van der Waals surface area (Å²) in [6.45, 7) is 2.94. The van der Waals surface area contributed by atoms with Gasteiger partial charge in [-0.2, -0.15) is 0 Å². The maximum atomic E-state index is 11.4. The molecular formula is C16H23N3O2. The number of nitrogen functional groups attached to an aromatic ring is 1. The molecule has 0 bridgehead atoms. The molecule has 5 nitrogen and oxygen atoms in total. The lowest BCUT2D eigenvalue weighted by atomic mass is 9.85. The minimum Gasteiger partial charge on any atom is -0.497 e. The van der Waals surface area contributed by atoms with Gasteiger partial charge in [0.25, 0.3) is 0 Å². The summed E-state index contributed by atoms with van der Waals surface area (Å²) in [7, 11) is 1.66. The third kappa shape index (κ3) is 3.29. The summed E-state index contributed by atoms with van der Waals surface area (Å²) in [6.07, 6.45) is 2.71. The van der Waals surface area contributed by atoms with Gasteiger partial charge in [-0.25, -0.2) is 0 Å². The highest BCUT2D eigenvalue weighted by molar-refractivity contribution is 5.77. The smallest absolute Gasteiger partial charge is 0.220 e. The highest BCUT2D eigenvalue weighted by atomic mass is 16.5. The van der Waals surface area contributed by atoms with Gasteiger partial charge in [0, 0.05) is 43.9 Å². The molecule has 21 heavy (non-hydrogen) atoms. The van der Waals surface area contributed by atoms with Gasteiger partial charge in [0.05, 0.1) is 7.11 Å². The molecule has 2 heterocycles. The number of fused-ring (bicyclic) bond motifs is 1. The van der Waals surface area contributed by atoms with E-state index < -0.39 is 0 Å². The molecule has 3 rings (SSSR count). The van der Waals surface area contributed by atoms with Crippen molar-refractivity contribution in [1.29, 1.82) is 0 Å². The number of nitrogens with zero attached hydrogens (tertiary/aromatic N) is 1. The van der Waals surface area contributed by atoms with Gasteiger partial charge in [-0.3, -0.25) is 9.69 Å². The Hall–Kier alpha value is -1.75. The molecule has 0 radical (unpaired) electrons. The summed E-state index contributed by atoms with van der Waals surface area (Å²) >= 11 is 0. The number of benzene rings is 1. The van der Waals surface area contributed by atoms with Crippen LogP contribution in [-0.2, 0) is 11.3 Å². The van der Waals surface area contributed by atoms with Crippen LogP contribution in [0.3, 0.4) is 0 Å². The molecule has 0 saturated carbocycles. The average molecular weight is 289 g/mol. The van der Waals surface area contributed by atoms with Crippen molar-refractivity contribution in [3.05, 3.63) is 23.8 Å². The molecule has 2 saturated heterocycles. The molecule has 1 aromatic rings. The van der Waals surface area contributed by atoms with Gasteiger partial charge < -0.3 is 15.8 Å². The van der Waals surface area contributed by atoms with E-state index in [4.69, 9.17) is 10.5 Å². The molecule has 2 fully saturated rings. The number of ether oxygens (including phenoxy) is 1. The van der Waals surface area contributed by atoms with Gasteiger partial charge in [0.2, 0.25) is 5.91 Å². The number of hydrogen-bond donors (Lipinski definition) is 2. The van der Waals surface area contributed by atoms with E-state index in [9.17, 15) is 4.79 Å². The molecule has 1 amide bonds. The molecule has 3 N–H and O–H groups in total. The number of methoxy groups -OCH3 is 1. The van der Waals surface area contributed by atoms with Crippen molar-refractivity contribution in [2.24, 2.45) is 5.92 Å². The van der Waals surface area contributed by atoms with Crippen LogP contribution in [0.2, 0.25) is 0 Å². The second kappa shape index (κ2) is 5.93. The molecule has 2 aliphatic heterocycles. The largest absolute Gasteiger partial charge is 0.497 e. The molecule has 0 aliphatic carbocycles. The zero-order chi connectivity index (χ0) is 14.8. The minimum atomic E-state index is 0.213. The summed E-state index contributed by atoms with van der Waals surface area (Å²) in [5.74, 6) is 1.61. The second-order valence-corrected chi connectivity index (χ2v) is 6.11. The quantitative estimate of drug-likeness (QED) is 0.825. The van der Waals surface area contributed by atoms with Gasteiger partial charge in [-0.1, -0.05) is 0 Å². The number of carbonyl (C=O) groups excluding carboxylic acids is 1. The number of piperidine rings is 2. The van der Waals surface area contributed by atoms with E-state index in [1.54, 1.807) is 7.11 Å². The molecule has 2 atom stereocenters. The first-order valence-corrected chi connectivity index (χ1v) is 7.59. The van der Waals surface area contributed by atoms with E-state index in [2.05, 4.69) is 10.2 Å². The molecule has 0 spiro atoms. The van der Waals surface area contributed by atoms with E-state index in [1.165, 1.54) is 5.56 Å². The van der Waals surface area contributed by atoms with E-state index in [0.717, 1.165) is 43.9 Å². The lowest BCUT2D eigenvalue weighted by Gasteiger charge is -2.41. The number of hydrogen-bond acceptors (Lipinski definition) is 4. The van der Waals surface area contributed by atoms with Gasteiger partial charge in [-0.05, 0) is 36.5 Å². The minimum absolute atomic E-state index is 0.213. The predicted octanol–water partition coefficient (Wildman–Crippen LogP) is 1.38. The maximum absolute atomic E-state index is 11.4. The molecule has 1 aromatic carbocycles. The lowest BCUT2D eigenvalue weighted by molar-refractivity contribution is -0.125. The highest BCUT2D eigenvalue weighted by Crippen LogP contribution is 2.27. The normalized spacial score (nSPS) is 26.0. The zero-order valence-corrected chi connectivity index (χ0v) is 12.5. The van der Waals surface area contributed by atoms with Crippen molar-refractivity contribution in [2.45, 2.75) is 31.8 Å². The van der Waals surface area contributed by atoms with Crippen LogP contribution in [0.25, 0.3) is 0 Å². The van der Waals surface area contributed by atoms with Crippen LogP contribution in [0.15, 0.2) is 18.2 Å². The van der Waals surface area contributed by atoms with Crippen molar-refractivity contribution >= 4 is 11.6 Å². The highest BCUT2D eigenvalue weighted by Gasteiger charge is 2.33. The van der Waals surface area contributed by atoms with Gasteiger partial charge in [0.1, 0.15) is 5.75 Å². The van der Waals surface area contributed by atoms with Crippen LogP contribution in [0.1, 0.15) is 24.8 Å². The Morgan fingerprint density at radius 3 is 3.05 bits per heavy atom. The standard InChI is InChI=1S/C16H23N3O2/c1-21-14-7-11(6-13(17)8-14)9-19-5-4-15-12(10-19)2-3-16(20)18-15/h6-8,12,15H,2-5,9-10,17H2,1H3,(H,18,20). The van der Waals surface area contributed by atoms with Crippen LogP contribution in [0, 0.1) is 5.92 Å². The second-order valence-electron chi connectivity index (χ2n) is 6.11. The van der Waals surface area contributed by atoms with Gasteiger partial charge in [0.15, 0.2) is 0 Å². The molecule has 5 heteroatoms. The zero-order valence-electron chi connectivity index (χ0n) is 12.5. The Balaban J connectivity index is 1.64. The molecular weight excluding hydrogens is 266 g/mol. The Morgan fingerprint density at radius 2 is 2.24 bits per heavy atom. The number of likely N-dealkylation sites (tertiary alicyclic amines) is 1. The fourth-order valence-electron chi connectivity index (χ4n) is 3.48. The van der Waals surface area contributed by atoms with E-state index >= 15 is 0 Å². The Bertz CT molecular complexity index is 532. The fourth-order valence-corrected chi connectivity index (χ4v) is 3.48. The fraction of sp³-hybridized carbons (Fsp3) is 0.562. The number of nitrogens with one attached hydrogen (secondary N) is 1. The monoisotopic (exact) mass is 289 g/mol. The molecule has 114 valence electrons. The lowest BCUT2D eigenvalue weighted by Crippen LogP contribution is -2.53. The summed E-state index contributed by atoms with van der Waals surface area (Å²) < 4.78 is 5.28. The van der Waals surface area contributed by atoms with Crippen molar-refractivity contribution in [3.63, 3.8) is 0 Å². The van der Waals surface area contributed by atoms with Crippen LogP contribution < -0.4 is 15.8 Å². The van der Waals surface area contributed by atoms with Crippen molar-refractivity contribution < 1.29 is 9.53 Å². The van der Waals surface area contributed by atoms with Crippen molar-refractivity contribution in [1.82, 2.24) is 10.2 Å². The summed E-state index contributed by atoms with van der Waals surface area (Å²) in [6, 6.07) is 6.27. The SMILES string of the molecule is COc1cc(N)cc(CN2CCC3NC(=O)CCC3C2)c1. The summed E-state index contributed by atoms with van der Waals surface area (Å²) in [5, 5.41) is 3.12. The number of anilines is 1. The Morgan fingerprint density at radius 1 is 1.38 bits per heavy atom. The van der Waals surface area contributed by atoms with Crippen molar-refractivity contribution in [2.75, 3.05) is 25.9 Å². The molecule has 2 aliphatic rings. The predicted molar refractivity (Wildman–Crippen MR) is 82.0 cm³/mol. The summed E-state index contributed by atoms with van der Waals surface area (Å²) in [5.41, 5.74) is 7.84. The maximum Gasteiger partial charge on any atom is 0.220 e. The first kappa shape index (κ1) is 14.2. The number of carbonyl (C=O) groups is 1. The molecule has 0 aromatic heterocycles. The van der Waals surface area contributed by atoms with Crippen LogP contribution in [0.5, 0.6) is 5.75 Å². The van der Waals surface area contributed by atoms with Gasteiger partial charge >= 0.3 is 0 Å². The van der Waals surface area contributed by atoms with Crippen molar-refractivity contribution in [3.8, 4) is 5.75 Å².